The standard InChI is InChI=1S/Hg.H4SeSi.Sr.2H/c;1-2;;;/h;1H,2H3;;;/q;;+2;2*-1. The largest absolute Gasteiger partial charge is 2.00 e. The minimum Gasteiger partial charge on any atom is 2.00 e. The van der Waals surface area contributed by atoms with Crippen molar-refractivity contribution in [1.82, 2.24) is 0 Å². The second-order valence-electron chi connectivity index (χ2n) is 0. The van der Waals surface area contributed by atoms with Crippen molar-refractivity contribution in [2.24, 2.45) is 0 Å². The molecule has 0 rings (SSSR count). The van der Waals surface area contributed by atoms with Gasteiger partial charge in [0.2, 0.25) is 0 Å². The molecule has 0 aromatic rings. The van der Waals surface area contributed by atoms with Gasteiger partial charge in [-0.1, -0.05) is 0 Å². The van der Waals surface area contributed by atoms with Gasteiger partial charge in [0.25, 0.3) is 0 Å². The van der Waals surface area contributed by atoms with Gasteiger partial charge >= 0.3 is 69.7 Å². The molecule has 4 heavy (non-hydrogen) atoms. The third-order valence-electron chi connectivity index (χ3n) is 0. The van der Waals surface area contributed by atoms with E-state index >= 15 is 0 Å². The first-order valence-corrected chi connectivity index (χ1v) is 6.97. The van der Waals surface area contributed by atoms with Gasteiger partial charge in [0, 0.05) is 27.7 Å². The summed E-state index contributed by atoms with van der Waals surface area (Å²) in [6.45, 7) is 0. The van der Waals surface area contributed by atoms with Gasteiger partial charge in [-0.05, 0) is 0 Å². The molecule has 0 saturated carbocycles. The van der Waals surface area contributed by atoms with Crippen LogP contribution in [0.25, 0.3) is 0 Å². The third kappa shape index (κ3) is 8.94. The molecule has 4 heteroatoms. The molecule has 0 bridgehead atoms. The maximum absolute atomic E-state index is 2.45. The average Bonchev–Trinajstić information content (AvgIpc) is 1.00. The van der Waals surface area contributed by atoms with Gasteiger partial charge in [-0.2, -0.15) is 0 Å². The van der Waals surface area contributed by atoms with E-state index in [4.69, 9.17) is 0 Å². The number of hydrogen-bond donors (Lipinski definition) is 0. The smallest absolute Gasteiger partial charge is 2.00 e. The Kier molecular flexibility index (Phi) is 64.5. The van der Waals surface area contributed by atoms with Crippen LogP contribution in [0.3, 0.4) is 0 Å². The molecule has 0 aromatic heterocycles. The van der Waals surface area contributed by atoms with E-state index in [0.29, 0.717) is 0 Å². The fourth-order valence-electron chi connectivity index (χ4n) is 0. The first kappa shape index (κ1) is 15.7. The predicted octanol–water partition coefficient (Wildman–Crippen LogP) is -1.99. The zero-order chi connectivity index (χ0) is 2.00. The second-order valence-corrected chi connectivity index (χ2v) is 0. The van der Waals surface area contributed by atoms with E-state index in [-0.39, 0.29) is 76.0 Å². The Morgan fingerprint density at radius 1 is 1.50 bits per heavy atom. The van der Waals surface area contributed by atoms with Crippen molar-refractivity contribution in [3.63, 3.8) is 0 Å². The molecule has 0 nitrogen and oxygen atoms in total. The van der Waals surface area contributed by atoms with Gasteiger partial charge in [0.05, 0.1) is 0 Å². The molecule has 0 amide bonds. The Morgan fingerprint density at radius 2 is 1.50 bits per heavy atom. The fourth-order valence-corrected chi connectivity index (χ4v) is 0. The Balaban J connectivity index is -0.000000000833. The van der Waals surface area contributed by atoms with Gasteiger partial charge in [0.1, 0.15) is 0 Å². The van der Waals surface area contributed by atoms with E-state index in [2.05, 4.69) is 15.4 Å². The topological polar surface area (TPSA) is 0 Å². The summed E-state index contributed by atoms with van der Waals surface area (Å²) in [4.78, 5) is 0. The predicted molar refractivity (Wildman–Crippen MR) is 25.1 cm³/mol. The van der Waals surface area contributed by atoms with Crippen LogP contribution in [0.1, 0.15) is 2.85 Å². The quantitative estimate of drug-likeness (QED) is 0.413. The fraction of sp³-hybridized carbons (Fsp3) is 0. The average molecular weight is 401 g/mol. The molecule has 0 heterocycles. The molecule has 0 N–H and O–H groups in total. The summed E-state index contributed by atoms with van der Waals surface area (Å²) in [6.07, 6.45) is 0. The van der Waals surface area contributed by atoms with Gasteiger partial charge in [0.15, 0.2) is 0 Å². The van der Waals surface area contributed by atoms with Crippen molar-refractivity contribution in [1.29, 1.82) is 0 Å². The van der Waals surface area contributed by atoms with Crippen molar-refractivity contribution in [3.05, 3.63) is 0 Å². The van der Waals surface area contributed by atoms with Crippen LogP contribution < -0.4 is 0 Å². The Morgan fingerprint density at radius 3 is 1.50 bits per heavy atom. The molecular weight excluding hydrogens is 395 g/mol. The van der Waals surface area contributed by atoms with E-state index < -0.39 is 0 Å². The van der Waals surface area contributed by atoms with Gasteiger partial charge < -0.3 is 2.85 Å². The maximum Gasteiger partial charge on any atom is 2.00 e. The molecule has 0 saturated heterocycles. The molecule has 0 aromatic carbocycles. The van der Waals surface area contributed by atoms with E-state index in [9.17, 15) is 0 Å². The van der Waals surface area contributed by atoms with Crippen molar-refractivity contribution in [2.75, 3.05) is 0 Å². The van der Waals surface area contributed by atoms with Gasteiger partial charge in [-0.15, -0.1) is 0 Å². The molecule has 0 aliphatic rings. The minimum atomic E-state index is 0. The second kappa shape index (κ2) is 16.4. The Hall–Kier alpha value is 3.15. The van der Waals surface area contributed by atoms with E-state index in [0.717, 1.165) is 0 Å². The molecular formula is H6HgSeSiSr. The van der Waals surface area contributed by atoms with Gasteiger partial charge in [-0.3, -0.25) is 0 Å². The Bertz CT molecular complexity index is 13.5. The van der Waals surface area contributed by atoms with Crippen LogP contribution in [0, 0.1) is 0 Å². The van der Waals surface area contributed by atoms with E-state index in [1.54, 1.807) is 0 Å². The molecule has 0 unspecified atom stereocenters. The maximum atomic E-state index is 2.45. The summed E-state index contributed by atoms with van der Waals surface area (Å²) >= 11 is 2.45. The van der Waals surface area contributed by atoms with Crippen LogP contribution in [0.5, 0.6) is 0 Å². The SMILES string of the molecule is [H-].[H-].[Hg].[SiH3][SeH].[Sr+2]. The first-order chi connectivity index (χ1) is 1.00. The summed E-state index contributed by atoms with van der Waals surface area (Å²) in [5, 5.41) is 0. The van der Waals surface area contributed by atoms with Gasteiger partial charge in [-0.25, -0.2) is 0 Å². The molecule has 0 aliphatic heterocycles. The molecule has 20 valence electrons. The summed E-state index contributed by atoms with van der Waals surface area (Å²) in [6, 6.07) is 0. The summed E-state index contributed by atoms with van der Waals surface area (Å²) < 4.78 is 0. The van der Waals surface area contributed by atoms with Crippen LogP contribution in [0.2, 0.25) is 0 Å². The zero-order valence-corrected chi connectivity index (χ0v) is 15.7. The number of rotatable bonds is 0. The summed E-state index contributed by atoms with van der Waals surface area (Å²) in [5.41, 5.74) is 0. The van der Waals surface area contributed by atoms with Crippen LogP contribution in [0.15, 0.2) is 0 Å². The zero-order valence-electron chi connectivity index (χ0n) is 4.86. The van der Waals surface area contributed by atoms with Crippen LogP contribution >= 0.6 is 0 Å². The van der Waals surface area contributed by atoms with E-state index in [1.807, 2.05) is 0 Å². The molecule has 0 radical (unpaired) electrons. The van der Waals surface area contributed by atoms with Crippen molar-refractivity contribution >= 4 is 69.7 Å². The molecule has 0 aliphatic carbocycles. The molecule has 0 atom stereocenters. The first-order valence-electron chi connectivity index (χ1n) is 0.447. The number of hydrogen-bond acceptors (Lipinski definition) is 0. The van der Waals surface area contributed by atoms with Crippen molar-refractivity contribution in [2.45, 2.75) is 0 Å². The van der Waals surface area contributed by atoms with Crippen molar-refractivity contribution in [3.8, 4) is 0 Å². The van der Waals surface area contributed by atoms with Crippen LogP contribution in [-0.4, -0.2) is 69.7 Å². The minimum absolute atomic E-state index is 0. The summed E-state index contributed by atoms with van der Waals surface area (Å²) in [5.74, 6) is 0. The monoisotopic (exact) mass is 404 g/mol. The third-order valence-corrected chi connectivity index (χ3v) is 0. The normalized spacial score (nSPS) is 2.25. The molecule has 0 spiro atoms. The Labute approximate surface area is 97.9 Å². The van der Waals surface area contributed by atoms with E-state index in [1.165, 1.54) is 8.85 Å². The van der Waals surface area contributed by atoms with Crippen LogP contribution in [-0.2, 0) is 27.7 Å². The van der Waals surface area contributed by atoms with Crippen molar-refractivity contribution < 1.29 is 30.5 Å². The van der Waals surface area contributed by atoms with Crippen LogP contribution in [0.4, 0.5) is 0 Å². The molecule has 0 fully saturated rings. The summed E-state index contributed by atoms with van der Waals surface area (Å²) in [7, 11) is 1.24.